The maximum absolute atomic E-state index is 12.1. The van der Waals surface area contributed by atoms with Crippen molar-refractivity contribution in [1.29, 1.82) is 0 Å². The van der Waals surface area contributed by atoms with E-state index in [1.165, 1.54) is 24.2 Å². The Bertz CT molecular complexity index is 590. The Kier molecular flexibility index (Phi) is 4.88. The van der Waals surface area contributed by atoms with Crippen molar-refractivity contribution >= 4 is 21.6 Å². The van der Waals surface area contributed by atoms with Gasteiger partial charge in [0.05, 0.1) is 11.4 Å². The number of carbonyl (C=O) groups is 1. The third-order valence-corrected chi connectivity index (χ3v) is 5.74. The lowest BCUT2D eigenvalue weighted by Gasteiger charge is -2.18. The van der Waals surface area contributed by atoms with Crippen LogP contribution in [0.1, 0.15) is 43.0 Å². The fraction of sp³-hybridized carbons (Fsp3) is 0.533. The maximum atomic E-state index is 12.1. The van der Waals surface area contributed by atoms with Crippen molar-refractivity contribution < 1.29 is 13.2 Å². The lowest BCUT2D eigenvalue weighted by atomic mass is 10.1. The number of nitrogens with zero attached hydrogens (tertiary/aromatic N) is 1. The summed E-state index contributed by atoms with van der Waals surface area (Å²) in [6.07, 6.45) is 4.43. The van der Waals surface area contributed by atoms with Crippen LogP contribution >= 0.6 is 0 Å². The van der Waals surface area contributed by atoms with Gasteiger partial charge in [0.2, 0.25) is 10.0 Å². The molecule has 6 heteroatoms. The van der Waals surface area contributed by atoms with E-state index >= 15 is 0 Å². The Labute approximate surface area is 126 Å². The van der Waals surface area contributed by atoms with E-state index in [0.717, 1.165) is 12.8 Å². The molecule has 2 rings (SSSR count). The molecule has 1 N–H and O–H groups in total. The number of benzene rings is 1. The average molecular weight is 310 g/mol. The minimum atomic E-state index is -3.27. The summed E-state index contributed by atoms with van der Waals surface area (Å²) in [7, 11) is -1.75. The molecular weight excluding hydrogens is 288 g/mol. The van der Waals surface area contributed by atoms with Crippen LogP contribution in [-0.2, 0) is 10.0 Å². The highest BCUT2D eigenvalue weighted by Crippen LogP contribution is 2.20. The van der Waals surface area contributed by atoms with Crippen LogP contribution in [0.4, 0.5) is 5.69 Å². The van der Waals surface area contributed by atoms with Crippen molar-refractivity contribution in [2.45, 2.75) is 38.6 Å². The molecular formula is C15H22N2O3S. The van der Waals surface area contributed by atoms with E-state index in [0.29, 0.717) is 11.3 Å². The first kappa shape index (κ1) is 15.8. The molecule has 0 heterocycles. The van der Waals surface area contributed by atoms with Gasteiger partial charge in [-0.05, 0) is 44.0 Å². The topological polar surface area (TPSA) is 66.5 Å². The third kappa shape index (κ3) is 3.75. The second-order valence-corrected chi connectivity index (χ2v) is 7.66. The van der Waals surface area contributed by atoms with Crippen molar-refractivity contribution in [2.24, 2.45) is 0 Å². The van der Waals surface area contributed by atoms with Crippen molar-refractivity contribution in [2.75, 3.05) is 17.1 Å². The first-order valence-corrected chi connectivity index (χ1v) is 8.92. The first-order valence-electron chi connectivity index (χ1n) is 7.31. The molecule has 0 bridgehead atoms. The van der Waals surface area contributed by atoms with Gasteiger partial charge in [-0.15, -0.1) is 0 Å². The number of nitrogens with one attached hydrogen (secondary N) is 1. The maximum Gasteiger partial charge on any atom is 0.251 e. The zero-order valence-corrected chi connectivity index (χ0v) is 13.3. The van der Waals surface area contributed by atoms with E-state index in [9.17, 15) is 13.2 Å². The average Bonchev–Trinajstić information content (AvgIpc) is 2.99. The standard InChI is InChI=1S/C15H22N2O3S/c1-3-21(19,20)17(2)14-10-8-12(9-11-14)15(18)16-13-6-4-5-7-13/h8-11,13H,3-7H2,1-2H3,(H,16,18). The van der Waals surface area contributed by atoms with Crippen LogP contribution in [0.2, 0.25) is 0 Å². The molecule has 0 saturated heterocycles. The summed E-state index contributed by atoms with van der Waals surface area (Å²) in [5, 5.41) is 3.01. The molecule has 5 nitrogen and oxygen atoms in total. The number of sulfonamides is 1. The lowest BCUT2D eigenvalue weighted by Crippen LogP contribution is -2.32. The van der Waals surface area contributed by atoms with Crippen LogP contribution in [0.5, 0.6) is 0 Å². The highest BCUT2D eigenvalue weighted by Gasteiger charge is 2.19. The fourth-order valence-corrected chi connectivity index (χ4v) is 3.35. The smallest absolute Gasteiger partial charge is 0.251 e. The highest BCUT2D eigenvalue weighted by molar-refractivity contribution is 7.92. The molecule has 1 amide bonds. The Morgan fingerprint density at radius 1 is 1.24 bits per heavy atom. The van der Waals surface area contributed by atoms with Gasteiger partial charge < -0.3 is 5.32 Å². The molecule has 116 valence electrons. The molecule has 1 saturated carbocycles. The number of rotatable bonds is 5. The van der Waals surface area contributed by atoms with Crippen LogP contribution in [0.25, 0.3) is 0 Å². The van der Waals surface area contributed by atoms with Crippen LogP contribution in [0.3, 0.4) is 0 Å². The van der Waals surface area contributed by atoms with E-state index < -0.39 is 10.0 Å². The molecule has 0 aliphatic heterocycles. The van der Waals surface area contributed by atoms with Crippen LogP contribution in [-0.4, -0.2) is 33.2 Å². The van der Waals surface area contributed by atoms with E-state index in [2.05, 4.69) is 5.32 Å². The summed E-state index contributed by atoms with van der Waals surface area (Å²) in [4.78, 5) is 12.1. The monoisotopic (exact) mass is 310 g/mol. The highest BCUT2D eigenvalue weighted by atomic mass is 32.2. The predicted octanol–water partition coefficient (Wildman–Crippen LogP) is 2.14. The molecule has 1 aromatic carbocycles. The molecule has 0 spiro atoms. The van der Waals surface area contributed by atoms with E-state index in [4.69, 9.17) is 0 Å². The molecule has 1 aliphatic rings. The van der Waals surface area contributed by atoms with Crippen molar-refractivity contribution in [3.63, 3.8) is 0 Å². The molecule has 0 atom stereocenters. The Morgan fingerprint density at radius 3 is 2.33 bits per heavy atom. The number of carbonyl (C=O) groups excluding carboxylic acids is 1. The lowest BCUT2D eigenvalue weighted by molar-refractivity contribution is 0.0938. The second kappa shape index (κ2) is 6.47. The van der Waals surface area contributed by atoms with Crippen molar-refractivity contribution in [3.05, 3.63) is 29.8 Å². The van der Waals surface area contributed by atoms with Gasteiger partial charge in [-0.2, -0.15) is 0 Å². The fourth-order valence-electron chi connectivity index (χ4n) is 2.52. The summed E-state index contributed by atoms with van der Waals surface area (Å²) in [5.74, 6) is -0.0394. The minimum absolute atomic E-state index is 0.0490. The quantitative estimate of drug-likeness (QED) is 0.906. The number of hydrogen-bond acceptors (Lipinski definition) is 3. The Morgan fingerprint density at radius 2 is 1.81 bits per heavy atom. The van der Waals surface area contributed by atoms with Crippen molar-refractivity contribution in [3.8, 4) is 0 Å². The molecule has 1 aromatic rings. The van der Waals surface area contributed by atoms with Gasteiger partial charge in [-0.25, -0.2) is 8.42 Å². The van der Waals surface area contributed by atoms with E-state index in [-0.39, 0.29) is 17.7 Å². The predicted molar refractivity (Wildman–Crippen MR) is 84.0 cm³/mol. The molecule has 0 aromatic heterocycles. The van der Waals surface area contributed by atoms with Crippen LogP contribution < -0.4 is 9.62 Å². The summed E-state index contributed by atoms with van der Waals surface area (Å²) in [6, 6.07) is 6.94. The summed E-state index contributed by atoms with van der Waals surface area (Å²) < 4.78 is 24.8. The molecule has 0 radical (unpaired) electrons. The molecule has 21 heavy (non-hydrogen) atoms. The van der Waals surface area contributed by atoms with Gasteiger partial charge in [0.1, 0.15) is 0 Å². The SMILES string of the molecule is CCS(=O)(=O)N(C)c1ccc(C(=O)NC2CCCC2)cc1. The number of anilines is 1. The zero-order valence-electron chi connectivity index (χ0n) is 12.5. The third-order valence-electron chi connectivity index (χ3n) is 3.97. The summed E-state index contributed by atoms with van der Waals surface area (Å²) in [6.45, 7) is 1.61. The molecule has 1 aliphatic carbocycles. The van der Waals surface area contributed by atoms with Crippen molar-refractivity contribution in [1.82, 2.24) is 5.32 Å². The van der Waals surface area contributed by atoms with E-state index in [1.807, 2.05) is 0 Å². The zero-order chi connectivity index (χ0) is 15.5. The number of hydrogen-bond donors (Lipinski definition) is 1. The second-order valence-electron chi connectivity index (χ2n) is 5.37. The van der Waals surface area contributed by atoms with Crippen LogP contribution in [0, 0.1) is 0 Å². The van der Waals surface area contributed by atoms with Gasteiger partial charge in [0.25, 0.3) is 5.91 Å². The van der Waals surface area contributed by atoms with E-state index in [1.54, 1.807) is 31.2 Å². The largest absolute Gasteiger partial charge is 0.349 e. The Hall–Kier alpha value is -1.56. The van der Waals surface area contributed by atoms with Gasteiger partial charge in [0.15, 0.2) is 0 Å². The summed E-state index contributed by atoms with van der Waals surface area (Å²) in [5.41, 5.74) is 1.13. The number of amides is 1. The molecule has 1 fully saturated rings. The van der Waals surface area contributed by atoms with Gasteiger partial charge in [0, 0.05) is 18.7 Å². The normalized spacial score (nSPS) is 15.9. The first-order chi connectivity index (χ1) is 9.94. The summed E-state index contributed by atoms with van der Waals surface area (Å²) >= 11 is 0. The van der Waals surface area contributed by atoms with Gasteiger partial charge in [-0.3, -0.25) is 9.10 Å². The van der Waals surface area contributed by atoms with Gasteiger partial charge >= 0.3 is 0 Å². The van der Waals surface area contributed by atoms with Gasteiger partial charge in [-0.1, -0.05) is 12.8 Å². The minimum Gasteiger partial charge on any atom is -0.349 e. The Balaban J connectivity index is 2.06. The van der Waals surface area contributed by atoms with Crippen LogP contribution in [0.15, 0.2) is 24.3 Å². The molecule has 0 unspecified atom stereocenters.